The van der Waals surface area contributed by atoms with Crippen LogP contribution >= 0.6 is 11.6 Å². The number of carbonyl (C=O) groups excluding carboxylic acids is 2. The zero-order valence-corrected chi connectivity index (χ0v) is 11.7. The van der Waals surface area contributed by atoms with Crippen LogP contribution in [0.5, 0.6) is 0 Å². The van der Waals surface area contributed by atoms with Gasteiger partial charge in [-0.3, -0.25) is 4.79 Å². The average molecular weight is 298 g/mol. The third-order valence-electron chi connectivity index (χ3n) is 3.23. The number of rotatable bonds is 5. The second kappa shape index (κ2) is 6.72. The van der Waals surface area contributed by atoms with Crippen LogP contribution in [0.3, 0.4) is 0 Å². The smallest absolute Gasteiger partial charge is 0.408 e. The summed E-state index contributed by atoms with van der Waals surface area (Å²) in [5.74, 6) is -0.421. The molecule has 6 heteroatoms. The highest BCUT2D eigenvalue weighted by atomic mass is 35.5. The lowest BCUT2D eigenvalue weighted by Gasteiger charge is -2.25. The van der Waals surface area contributed by atoms with Crippen molar-refractivity contribution in [1.82, 2.24) is 5.32 Å². The molecule has 1 saturated heterocycles. The van der Waals surface area contributed by atoms with Gasteiger partial charge in [0.15, 0.2) is 5.78 Å². The SMILES string of the molecule is O=C(NC1(C(=O)CCl)CCOC1)OCc1ccccc1. The predicted molar refractivity (Wildman–Crippen MR) is 73.7 cm³/mol. The van der Waals surface area contributed by atoms with Crippen molar-refractivity contribution in [3.8, 4) is 0 Å². The number of ether oxygens (including phenoxy) is 2. The summed E-state index contributed by atoms with van der Waals surface area (Å²) >= 11 is 5.58. The number of nitrogens with one attached hydrogen (secondary N) is 1. The fourth-order valence-corrected chi connectivity index (χ4v) is 2.29. The topological polar surface area (TPSA) is 64.6 Å². The number of hydrogen-bond donors (Lipinski definition) is 1. The predicted octanol–water partition coefficient (Wildman–Crippen LogP) is 1.88. The van der Waals surface area contributed by atoms with E-state index < -0.39 is 11.6 Å². The Kier molecular flexibility index (Phi) is 4.98. The van der Waals surface area contributed by atoms with Crippen LogP contribution in [0, 0.1) is 0 Å². The van der Waals surface area contributed by atoms with E-state index in [-0.39, 0.29) is 24.9 Å². The highest BCUT2D eigenvalue weighted by Gasteiger charge is 2.43. The number of Topliss-reactive ketones (excluding diaryl/α,β-unsaturated/α-hetero) is 1. The van der Waals surface area contributed by atoms with Crippen molar-refractivity contribution in [3.05, 3.63) is 35.9 Å². The van der Waals surface area contributed by atoms with Crippen molar-refractivity contribution in [2.24, 2.45) is 0 Å². The zero-order chi connectivity index (χ0) is 14.4. The summed E-state index contributed by atoms with van der Waals surface area (Å²) in [6.45, 7) is 0.708. The summed E-state index contributed by atoms with van der Waals surface area (Å²) in [5, 5.41) is 2.59. The normalized spacial score (nSPS) is 21.4. The minimum atomic E-state index is -1.05. The van der Waals surface area contributed by atoms with Gasteiger partial charge in [-0.05, 0) is 5.56 Å². The molecule has 1 aliphatic rings. The van der Waals surface area contributed by atoms with Crippen molar-refractivity contribution in [1.29, 1.82) is 0 Å². The summed E-state index contributed by atoms with van der Waals surface area (Å²) in [7, 11) is 0. The second-order valence-electron chi connectivity index (χ2n) is 4.63. The van der Waals surface area contributed by atoms with E-state index in [0.29, 0.717) is 13.0 Å². The number of benzene rings is 1. The molecule has 1 amide bonds. The van der Waals surface area contributed by atoms with Crippen molar-refractivity contribution >= 4 is 23.5 Å². The Balaban J connectivity index is 1.91. The van der Waals surface area contributed by atoms with Gasteiger partial charge in [0.1, 0.15) is 12.1 Å². The van der Waals surface area contributed by atoms with Gasteiger partial charge in [0, 0.05) is 13.0 Å². The molecule has 1 aromatic rings. The lowest BCUT2D eigenvalue weighted by molar-refractivity contribution is -0.122. The Bertz CT molecular complexity index is 471. The van der Waals surface area contributed by atoms with E-state index in [1.54, 1.807) is 0 Å². The van der Waals surface area contributed by atoms with Crippen molar-refractivity contribution < 1.29 is 19.1 Å². The molecule has 5 nitrogen and oxygen atoms in total. The first-order valence-electron chi connectivity index (χ1n) is 6.32. The zero-order valence-electron chi connectivity index (χ0n) is 10.9. The molecule has 20 heavy (non-hydrogen) atoms. The number of alkyl halides is 1. The highest BCUT2D eigenvalue weighted by Crippen LogP contribution is 2.21. The summed E-state index contributed by atoms with van der Waals surface area (Å²) < 4.78 is 10.3. The molecular weight excluding hydrogens is 282 g/mol. The minimum absolute atomic E-state index is 0.138. The van der Waals surface area contributed by atoms with Crippen LogP contribution in [-0.4, -0.2) is 36.5 Å². The molecule has 0 spiro atoms. The summed E-state index contributed by atoms with van der Waals surface area (Å²) in [6, 6.07) is 9.31. The van der Waals surface area contributed by atoms with Crippen LogP contribution < -0.4 is 5.32 Å². The second-order valence-corrected chi connectivity index (χ2v) is 4.90. The lowest BCUT2D eigenvalue weighted by atomic mass is 9.94. The van der Waals surface area contributed by atoms with Gasteiger partial charge < -0.3 is 14.8 Å². The largest absolute Gasteiger partial charge is 0.445 e. The van der Waals surface area contributed by atoms with Crippen LogP contribution in [-0.2, 0) is 20.9 Å². The molecule has 2 rings (SSSR count). The van der Waals surface area contributed by atoms with E-state index in [1.165, 1.54) is 0 Å². The van der Waals surface area contributed by atoms with Gasteiger partial charge in [-0.2, -0.15) is 0 Å². The van der Waals surface area contributed by atoms with Gasteiger partial charge in [-0.1, -0.05) is 30.3 Å². The van der Waals surface area contributed by atoms with Crippen LogP contribution in [0.25, 0.3) is 0 Å². The van der Waals surface area contributed by atoms with Gasteiger partial charge in [0.25, 0.3) is 0 Å². The third-order valence-corrected chi connectivity index (χ3v) is 3.47. The number of carbonyl (C=O) groups is 2. The Morgan fingerprint density at radius 1 is 1.35 bits per heavy atom. The van der Waals surface area contributed by atoms with Crippen LogP contribution in [0.15, 0.2) is 30.3 Å². The quantitative estimate of drug-likeness (QED) is 0.843. The molecule has 1 heterocycles. The molecule has 0 radical (unpaired) electrons. The van der Waals surface area contributed by atoms with E-state index in [4.69, 9.17) is 21.1 Å². The fraction of sp³-hybridized carbons (Fsp3) is 0.429. The minimum Gasteiger partial charge on any atom is -0.445 e. The van der Waals surface area contributed by atoms with Gasteiger partial charge in [0.05, 0.1) is 12.5 Å². The van der Waals surface area contributed by atoms with Crippen molar-refractivity contribution in [2.45, 2.75) is 18.6 Å². The number of halogens is 1. The standard InChI is InChI=1S/C14H16ClNO4/c15-8-12(17)14(6-7-19-10-14)16-13(18)20-9-11-4-2-1-3-5-11/h1-5H,6-10H2,(H,16,18). The molecule has 108 valence electrons. The van der Waals surface area contributed by atoms with Crippen LogP contribution in [0.2, 0.25) is 0 Å². The molecule has 1 atom stereocenters. The van der Waals surface area contributed by atoms with E-state index in [1.807, 2.05) is 30.3 Å². The Morgan fingerprint density at radius 2 is 2.10 bits per heavy atom. The number of alkyl carbamates (subject to hydrolysis) is 1. The van der Waals surface area contributed by atoms with Gasteiger partial charge in [-0.15, -0.1) is 11.6 Å². The monoisotopic (exact) mass is 297 g/mol. The van der Waals surface area contributed by atoms with Gasteiger partial charge in [0.2, 0.25) is 0 Å². The molecule has 0 aliphatic carbocycles. The third kappa shape index (κ3) is 3.49. The van der Waals surface area contributed by atoms with Gasteiger partial charge in [-0.25, -0.2) is 4.79 Å². The molecule has 1 aliphatic heterocycles. The maximum Gasteiger partial charge on any atom is 0.408 e. The number of hydrogen-bond acceptors (Lipinski definition) is 4. The molecule has 1 N–H and O–H groups in total. The Labute approximate surface area is 122 Å². The van der Waals surface area contributed by atoms with E-state index in [0.717, 1.165) is 5.56 Å². The summed E-state index contributed by atoms with van der Waals surface area (Å²) in [4.78, 5) is 23.7. The highest BCUT2D eigenvalue weighted by molar-refractivity contribution is 6.29. The maximum absolute atomic E-state index is 11.9. The number of amides is 1. The molecule has 1 unspecified atom stereocenters. The van der Waals surface area contributed by atoms with Crippen LogP contribution in [0.4, 0.5) is 4.79 Å². The molecule has 0 saturated carbocycles. The molecule has 1 fully saturated rings. The lowest BCUT2D eigenvalue weighted by Crippen LogP contribution is -2.55. The first kappa shape index (κ1) is 14.8. The van der Waals surface area contributed by atoms with E-state index in [9.17, 15) is 9.59 Å². The van der Waals surface area contributed by atoms with E-state index in [2.05, 4.69) is 5.32 Å². The first-order chi connectivity index (χ1) is 9.66. The molecule has 0 aromatic heterocycles. The van der Waals surface area contributed by atoms with E-state index >= 15 is 0 Å². The molecular formula is C14H16ClNO4. The Hall–Kier alpha value is -1.59. The Morgan fingerprint density at radius 3 is 2.70 bits per heavy atom. The summed E-state index contributed by atoms with van der Waals surface area (Å²) in [6.07, 6.45) is -0.225. The first-order valence-corrected chi connectivity index (χ1v) is 6.86. The number of ketones is 1. The van der Waals surface area contributed by atoms with Gasteiger partial charge >= 0.3 is 6.09 Å². The average Bonchev–Trinajstić information content (AvgIpc) is 2.95. The maximum atomic E-state index is 11.9. The van der Waals surface area contributed by atoms with Crippen LogP contribution in [0.1, 0.15) is 12.0 Å². The fourth-order valence-electron chi connectivity index (χ4n) is 2.04. The van der Waals surface area contributed by atoms with Crippen molar-refractivity contribution in [2.75, 3.05) is 19.1 Å². The summed E-state index contributed by atoms with van der Waals surface area (Å²) in [5.41, 5.74) is -0.168. The molecule has 1 aromatic carbocycles. The molecule has 0 bridgehead atoms. The van der Waals surface area contributed by atoms with Crippen molar-refractivity contribution in [3.63, 3.8) is 0 Å².